The van der Waals surface area contributed by atoms with Crippen molar-refractivity contribution >= 4 is 38.9 Å². The lowest BCUT2D eigenvalue weighted by molar-refractivity contribution is -0.123. The van der Waals surface area contributed by atoms with Gasteiger partial charge in [0.1, 0.15) is 6.61 Å². The Morgan fingerprint density at radius 3 is 2.59 bits per heavy atom. The average Bonchev–Trinajstić information content (AvgIpc) is 3.08. The molecule has 3 rings (SSSR count). The minimum Gasteiger partial charge on any atom is -0.387 e. The highest BCUT2D eigenvalue weighted by Gasteiger charge is 2.08. The molecule has 1 amide bonds. The van der Waals surface area contributed by atoms with Crippen LogP contribution in [-0.4, -0.2) is 28.7 Å². The number of carbonyl (C=O) groups is 1. The molecule has 140 valence electrons. The first kappa shape index (κ1) is 19.5. The molecule has 0 saturated carbocycles. The first-order chi connectivity index (χ1) is 13.2. The first-order valence-corrected chi connectivity index (χ1v) is 10.3. The normalized spacial score (nSPS) is 11.6. The molecule has 7 heteroatoms. The fourth-order valence-corrected chi connectivity index (χ4v) is 3.84. The quantitative estimate of drug-likeness (QED) is 0.544. The monoisotopic (exact) mass is 445 g/mol. The van der Waals surface area contributed by atoms with Crippen LogP contribution >= 0.6 is 27.3 Å². The van der Waals surface area contributed by atoms with Gasteiger partial charge in [-0.15, -0.1) is 11.3 Å². The van der Waals surface area contributed by atoms with E-state index in [0.717, 1.165) is 32.6 Å². The number of benzene rings is 2. The highest BCUT2D eigenvalue weighted by atomic mass is 79.9. The molecule has 3 aromatic rings. The summed E-state index contributed by atoms with van der Waals surface area (Å²) in [5, 5.41) is 13.6. The fourth-order valence-electron chi connectivity index (χ4n) is 2.62. The molecular formula is C20H20BrN3O2S. The molecule has 2 aromatic carbocycles. The number of aromatic nitrogens is 1. The summed E-state index contributed by atoms with van der Waals surface area (Å²) in [6.45, 7) is 0.739. The molecule has 0 bridgehead atoms. The molecule has 0 spiro atoms. The van der Waals surface area contributed by atoms with Gasteiger partial charge >= 0.3 is 0 Å². The van der Waals surface area contributed by atoms with Gasteiger partial charge in [-0.1, -0.05) is 46.3 Å². The van der Waals surface area contributed by atoms with Crippen LogP contribution in [0.4, 0.5) is 5.69 Å². The molecule has 0 aliphatic rings. The van der Waals surface area contributed by atoms with E-state index >= 15 is 0 Å². The number of para-hydroxylation sites is 1. The molecule has 0 aliphatic carbocycles. The zero-order valence-corrected chi connectivity index (χ0v) is 17.0. The summed E-state index contributed by atoms with van der Waals surface area (Å²) >= 11 is 5.07. The molecule has 1 heterocycles. The molecular weight excluding hydrogens is 426 g/mol. The number of carbonyl (C=O) groups excluding carboxylic acids is 1. The van der Waals surface area contributed by atoms with Crippen LogP contribution < -0.4 is 10.1 Å². The lowest BCUT2D eigenvalue weighted by atomic mass is 10.2. The number of nitrogens with zero attached hydrogens (tertiary/aromatic N) is 2. The van der Waals surface area contributed by atoms with Crippen molar-refractivity contribution in [3.05, 3.63) is 69.3 Å². The Morgan fingerprint density at radius 2 is 1.89 bits per heavy atom. The molecule has 0 fully saturated rings. The number of thiazole rings is 1. The molecule has 0 saturated heterocycles. The maximum absolute atomic E-state index is 11.2. The van der Waals surface area contributed by atoms with E-state index in [1.54, 1.807) is 11.3 Å². The third-order valence-electron chi connectivity index (χ3n) is 3.94. The Balaban J connectivity index is 1.90. The van der Waals surface area contributed by atoms with Gasteiger partial charge in [-0.2, -0.15) is 0 Å². The van der Waals surface area contributed by atoms with E-state index in [9.17, 15) is 4.79 Å². The molecule has 1 aromatic heterocycles. The summed E-state index contributed by atoms with van der Waals surface area (Å²) in [7, 11) is 0. The second-order valence-corrected chi connectivity index (χ2v) is 7.62. The number of amides is 1. The van der Waals surface area contributed by atoms with Gasteiger partial charge in [0, 0.05) is 22.9 Å². The third-order valence-corrected chi connectivity index (χ3v) is 5.34. The van der Waals surface area contributed by atoms with E-state index in [1.807, 2.05) is 42.5 Å². The van der Waals surface area contributed by atoms with Crippen LogP contribution in [0.1, 0.15) is 6.42 Å². The maximum atomic E-state index is 11.2. The lowest BCUT2D eigenvalue weighted by Gasteiger charge is -2.10. The van der Waals surface area contributed by atoms with Gasteiger partial charge in [0.05, 0.1) is 11.4 Å². The van der Waals surface area contributed by atoms with E-state index in [2.05, 4.69) is 43.3 Å². The van der Waals surface area contributed by atoms with Crippen molar-refractivity contribution in [2.45, 2.75) is 13.0 Å². The average molecular weight is 446 g/mol. The van der Waals surface area contributed by atoms with Crippen LogP contribution in [0.15, 0.2) is 69.4 Å². The van der Waals surface area contributed by atoms with E-state index in [4.69, 9.17) is 10.1 Å². The van der Waals surface area contributed by atoms with Gasteiger partial charge in [-0.25, -0.2) is 4.99 Å². The summed E-state index contributed by atoms with van der Waals surface area (Å²) in [5.41, 5.74) is 3.11. The van der Waals surface area contributed by atoms with E-state index in [-0.39, 0.29) is 5.91 Å². The molecule has 27 heavy (non-hydrogen) atoms. The Morgan fingerprint density at radius 1 is 1.15 bits per heavy atom. The van der Waals surface area contributed by atoms with E-state index in [0.29, 0.717) is 13.1 Å². The number of halogens is 1. The van der Waals surface area contributed by atoms with Crippen LogP contribution in [0, 0.1) is 0 Å². The van der Waals surface area contributed by atoms with Crippen molar-refractivity contribution in [1.82, 2.24) is 9.88 Å². The minimum absolute atomic E-state index is 0.354. The van der Waals surface area contributed by atoms with Crippen LogP contribution in [0.3, 0.4) is 0 Å². The topological polar surface area (TPSA) is 66.6 Å². The highest BCUT2D eigenvalue weighted by molar-refractivity contribution is 9.10. The van der Waals surface area contributed by atoms with Crippen molar-refractivity contribution in [3.8, 4) is 11.3 Å². The maximum Gasteiger partial charge on any atom is 0.245 e. The number of hydrogen-bond acceptors (Lipinski definition) is 4. The van der Waals surface area contributed by atoms with Crippen molar-refractivity contribution in [1.29, 1.82) is 0 Å². The third kappa shape index (κ3) is 5.38. The number of aliphatic hydroxyl groups excluding tert-OH is 1. The fraction of sp³-hybridized carbons (Fsp3) is 0.200. The summed E-state index contributed by atoms with van der Waals surface area (Å²) in [4.78, 5) is 16.9. The Labute approximate surface area is 170 Å². The standard InChI is InChI=1S/C20H20BrN3O2S/c21-16-9-7-15(8-10-16)18-14-27-20(23-17-5-2-1-3-6-17)24(18)12-4-11-22-19(26)13-25/h1-3,5-10,14,25H,4,11-13H2,(H,22,26)/b23-20+. The van der Waals surface area contributed by atoms with Crippen LogP contribution in [0.2, 0.25) is 0 Å². The summed E-state index contributed by atoms with van der Waals surface area (Å²) < 4.78 is 3.21. The molecule has 5 nitrogen and oxygen atoms in total. The van der Waals surface area contributed by atoms with Gasteiger partial charge in [-0.3, -0.25) is 4.79 Å². The largest absolute Gasteiger partial charge is 0.387 e. The van der Waals surface area contributed by atoms with Crippen molar-refractivity contribution < 1.29 is 9.90 Å². The Hall–Kier alpha value is -2.22. The summed E-state index contributed by atoms with van der Waals surface area (Å²) in [6.07, 6.45) is 0.744. The lowest BCUT2D eigenvalue weighted by Crippen LogP contribution is -2.28. The molecule has 0 radical (unpaired) electrons. The Bertz CT molecular complexity index is 949. The zero-order valence-electron chi connectivity index (χ0n) is 14.6. The number of nitrogens with one attached hydrogen (secondary N) is 1. The molecule has 0 aliphatic heterocycles. The van der Waals surface area contributed by atoms with Gasteiger partial charge in [-0.05, 0) is 36.2 Å². The number of rotatable bonds is 7. The van der Waals surface area contributed by atoms with E-state index in [1.165, 1.54) is 0 Å². The van der Waals surface area contributed by atoms with Crippen molar-refractivity contribution in [2.24, 2.45) is 4.99 Å². The predicted molar refractivity (Wildman–Crippen MR) is 112 cm³/mol. The van der Waals surface area contributed by atoms with Gasteiger partial charge in [0.2, 0.25) is 5.91 Å². The van der Waals surface area contributed by atoms with Crippen molar-refractivity contribution in [3.63, 3.8) is 0 Å². The number of aliphatic hydroxyl groups is 1. The van der Waals surface area contributed by atoms with Crippen molar-refractivity contribution in [2.75, 3.05) is 13.2 Å². The highest BCUT2D eigenvalue weighted by Crippen LogP contribution is 2.23. The Kier molecular flexibility index (Phi) is 6.98. The molecule has 2 N–H and O–H groups in total. The second-order valence-electron chi connectivity index (χ2n) is 5.87. The molecule has 0 unspecified atom stereocenters. The SMILES string of the molecule is O=C(CO)NCCCn1c(-c2ccc(Br)cc2)cs/c1=N/c1ccccc1. The predicted octanol–water partition coefficient (Wildman–Crippen LogP) is 3.71. The van der Waals surface area contributed by atoms with Crippen LogP contribution in [0.5, 0.6) is 0 Å². The minimum atomic E-state index is -0.482. The van der Waals surface area contributed by atoms with Gasteiger partial charge in [0.15, 0.2) is 4.80 Å². The van der Waals surface area contributed by atoms with Crippen LogP contribution in [-0.2, 0) is 11.3 Å². The summed E-state index contributed by atoms with van der Waals surface area (Å²) in [6, 6.07) is 18.0. The van der Waals surface area contributed by atoms with Gasteiger partial charge < -0.3 is 15.0 Å². The van der Waals surface area contributed by atoms with Crippen LogP contribution in [0.25, 0.3) is 11.3 Å². The van der Waals surface area contributed by atoms with Gasteiger partial charge in [0.25, 0.3) is 0 Å². The smallest absolute Gasteiger partial charge is 0.245 e. The van der Waals surface area contributed by atoms with E-state index < -0.39 is 6.61 Å². The first-order valence-electron chi connectivity index (χ1n) is 8.59. The zero-order chi connectivity index (χ0) is 19.1. The summed E-state index contributed by atoms with van der Waals surface area (Å²) in [5.74, 6) is -0.354. The second kappa shape index (κ2) is 9.64. The number of hydrogen-bond donors (Lipinski definition) is 2. The molecule has 0 atom stereocenters.